The minimum absolute atomic E-state index is 0.335. The molecule has 1 aromatic carbocycles. The average molecular weight is 354 g/mol. The van der Waals surface area contributed by atoms with Gasteiger partial charge in [0.1, 0.15) is 0 Å². The van der Waals surface area contributed by atoms with Crippen LogP contribution in [0.3, 0.4) is 0 Å². The minimum atomic E-state index is -0.452. The molecule has 1 rings (SSSR count). The molecule has 0 aliphatic carbocycles. The van der Waals surface area contributed by atoms with Crippen molar-refractivity contribution in [3.05, 3.63) is 11.6 Å². The zero-order valence-electron chi connectivity index (χ0n) is 15.6. The van der Waals surface area contributed by atoms with Crippen molar-refractivity contribution in [2.24, 2.45) is 0 Å². The Morgan fingerprint density at radius 3 is 1.64 bits per heavy atom. The minimum Gasteiger partial charge on any atom is -0.492 e. The number of hydrogen-bond acceptors (Lipinski definition) is 7. The fourth-order valence-electron chi connectivity index (χ4n) is 2.29. The van der Waals surface area contributed by atoms with Crippen molar-refractivity contribution in [2.75, 3.05) is 42.2 Å². The number of carbonyl (C=O) groups excluding carboxylic acids is 1. The van der Waals surface area contributed by atoms with Gasteiger partial charge in [-0.15, -0.1) is 0 Å². The molecular formula is C18H26O7. The molecule has 0 heterocycles. The summed E-state index contributed by atoms with van der Waals surface area (Å²) >= 11 is 0. The van der Waals surface area contributed by atoms with Crippen LogP contribution in [-0.2, 0) is 9.53 Å². The van der Waals surface area contributed by atoms with Crippen LogP contribution in [0.1, 0.15) is 25.3 Å². The fraction of sp³-hybridized carbons (Fsp3) is 0.500. The average Bonchev–Trinajstić information content (AvgIpc) is 2.64. The summed E-state index contributed by atoms with van der Waals surface area (Å²) < 4.78 is 32.1. The summed E-state index contributed by atoms with van der Waals surface area (Å²) in [5.41, 5.74) is 0.479. The number of rotatable bonds is 10. The number of ether oxygens (including phenoxy) is 6. The number of benzene rings is 1. The Hall–Kier alpha value is -2.57. The van der Waals surface area contributed by atoms with E-state index in [9.17, 15) is 4.79 Å². The Kier molecular flexibility index (Phi) is 8.46. The summed E-state index contributed by atoms with van der Waals surface area (Å²) in [6.07, 6.45) is 4.61. The highest BCUT2D eigenvalue weighted by Crippen LogP contribution is 2.53. The first kappa shape index (κ1) is 20.5. The van der Waals surface area contributed by atoms with Gasteiger partial charge in [0, 0.05) is 6.08 Å². The SMILES string of the molecule is CCCCOC(=O)C=Cc1c(OC)c(OC)c(OC)c(OC)c1OC. The van der Waals surface area contributed by atoms with E-state index in [1.54, 1.807) is 0 Å². The van der Waals surface area contributed by atoms with E-state index in [-0.39, 0.29) is 0 Å². The summed E-state index contributed by atoms with van der Waals surface area (Å²) in [5, 5.41) is 0. The van der Waals surface area contributed by atoms with E-state index < -0.39 is 5.97 Å². The first-order valence-corrected chi connectivity index (χ1v) is 7.88. The summed E-state index contributed by atoms with van der Waals surface area (Å²) in [6.45, 7) is 2.40. The van der Waals surface area contributed by atoms with Crippen LogP contribution in [0.25, 0.3) is 6.08 Å². The van der Waals surface area contributed by atoms with Crippen LogP contribution in [0.4, 0.5) is 0 Å². The van der Waals surface area contributed by atoms with E-state index in [2.05, 4.69) is 0 Å². The van der Waals surface area contributed by atoms with Crippen LogP contribution in [0.15, 0.2) is 6.08 Å². The number of methoxy groups -OCH3 is 5. The van der Waals surface area contributed by atoms with Gasteiger partial charge >= 0.3 is 5.97 Å². The molecule has 0 amide bonds. The summed E-state index contributed by atoms with van der Waals surface area (Å²) in [4.78, 5) is 11.8. The summed E-state index contributed by atoms with van der Waals surface area (Å²) in [5.74, 6) is 1.26. The van der Waals surface area contributed by atoms with Gasteiger partial charge in [0.2, 0.25) is 17.2 Å². The second kappa shape index (κ2) is 10.3. The molecule has 140 valence electrons. The molecule has 7 nitrogen and oxygen atoms in total. The van der Waals surface area contributed by atoms with Gasteiger partial charge in [0.05, 0.1) is 47.7 Å². The molecule has 0 unspecified atom stereocenters. The normalized spacial score (nSPS) is 10.5. The standard InChI is InChI=1S/C18H26O7/c1-7-8-11-25-13(19)10-9-12-14(20-2)16(22-4)18(24-6)17(23-5)15(12)21-3/h9-10H,7-8,11H2,1-6H3. The predicted molar refractivity (Wildman–Crippen MR) is 94.1 cm³/mol. The molecule has 0 aliphatic heterocycles. The molecule has 25 heavy (non-hydrogen) atoms. The molecule has 0 saturated heterocycles. The Labute approximate surface area is 148 Å². The van der Waals surface area contributed by atoms with E-state index in [0.717, 1.165) is 12.8 Å². The maximum absolute atomic E-state index is 11.8. The monoisotopic (exact) mass is 354 g/mol. The quantitative estimate of drug-likeness (QED) is 0.363. The number of esters is 1. The Morgan fingerprint density at radius 1 is 0.800 bits per heavy atom. The lowest BCUT2D eigenvalue weighted by molar-refractivity contribution is -0.137. The van der Waals surface area contributed by atoms with E-state index >= 15 is 0 Å². The molecular weight excluding hydrogens is 328 g/mol. The topological polar surface area (TPSA) is 72.5 Å². The molecule has 0 saturated carbocycles. The Balaban J connectivity index is 3.39. The van der Waals surface area contributed by atoms with Gasteiger partial charge in [-0.1, -0.05) is 13.3 Å². The Morgan fingerprint density at radius 2 is 1.24 bits per heavy atom. The van der Waals surface area contributed by atoms with Crippen LogP contribution in [0.5, 0.6) is 28.7 Å². The highest BCUT2D eigenvalue weighted by molar-refractivity contribution is 5.90. The largest absolute Gasteiger partial charge is 0.492 e. The van der Waals surface area contributed by atoms with Crippen molar-refractivity contribution in [3.8, 4) is 28.7 Å². The van der Waals surface area contributed by atoms with Crippen molar-refractivity contribution < 1.29 is 33.2 Å². The van der Waals surface area contributed by atoms with Crippen molar-refractivity contribution in [1.29, 1.82) is 0 Å². The zero-order chi connectivity index (χ0) is 18.8. The molecule has 0 N–H and O–H groups in total. The molecule has 0 aliphatic rings. The van der Waals surface area contributed by atoms with Gasteiger partial charge in [0.15, 0.2) is 11.5 Å². The van der Waals surface area contributed by atoms with Crippen molar-refractivity contribution >= 4 is 12.0 Å². The van der Waals surface area contributed by atoms with E-state index in [1.165, 1.54) is 47.7 Å². The molecule has 1 aromatic rings. The molecule has 0 bridgehead atoms. The van der Waals surface area contributed by atoms with E-state index in [4.69, 9.17) is 28.4 Å². The summed E-state index contributed by atoms with van der Waals surface area (Å²) in [6, 6.07) is 0. The number of hydrogen-bond donors (Lipinski definition) is 0. The fourth-order valence-corrected chi connectivity index (χ4v) is 2.29. The molecule has 0 fully saturated rings. The molecule has 0 aromatic heterocycles. The third kappa shape index (κ3) is 4.71. The van der Waals surface area contributed by atoms with E-state index in [1.807, 2.05) is 6.92 Å². The third-order valence-corrected chi connectivity index (χ3v) is 3.46. The number of unbranched alkanes of at least 4 members (excludes halogenated alkanes) is 1. The van der Waals surface area contributed by atoms with Crippen molar-refractivity contribution in [2.45, 2.75) is 19.8 Å². The Bertz CT molecular complexity index is 575. The van der Waals surface area contributed by atoms with Gasteiger partial charge in [-0.3, -0.25) is 0 Å². The van der Waals surface area contributed by atoms with Crippen molar-refractivity contribution in [3.63, 3.8) is 0 Å². The van der Waals surface area contributed by atoms with Crippen LogP contribution < -0.4 is 23.7 Å². The second-order valence-corrected chi connectivity index (χ2v) is 4.93. The lowest BCUT2D eigenvalue weighted by atomic mass is 10.1. The predicted octanol–water partition coefficient (Wildman–Crippen LogP) is 3.09. The van der Waals surface area contributed by atoms with Gasteiger partial charge in [-0.2, -0.15) is 0 Å². The van der Waals surface area contributed by atoms with Crippen LogP contribution in [0.2, 0.25) is 0 Å². The first-order valence-electron chi connectivity index (χ1n) is 7.88. The van der Waals surface area contributed by atoms with Crippen LogP contribution in [0, 0.1) is 0 Å². The van der Waals surface area contributed by atoms with E-state index in [0.29, 0.717) is 40.9 Å². The molecule has 7 heteroatoms. The lowest BCUT2D eigenvalue weighted by Crippen LogP contribution is -2.04. The van der Waals surface area contributed by atoms with Gasteiger partial charge in [-0.25, -0.2) is 4.79 Å². The first-order chi connectivity index (χ1) is 12.1. The highest BCUT2D eigenvalue weighted by atomic mass is 16.6. The number of carbonyl (C=O) groups is 1. The summed E-state index contributed by atoms with van der Waals surface area (Å²) in [7, 11) is 7.43. The van der Waals surface area contributed by atoms with Gasteiger partial charge in [0.25, 0.3) is 0 Å². The molecule has 0 radical (unpaired) electrons. The second-order valence-electron chi connectivity index (χ2n) is 4.93. The maximum atomic E-state index is 11.8. The highest BCUT2D eigenvalue weighted by Gasteiger charge is 2.27. The maximum Gasteiger partial charge on any atom is 0.330 e. The third-order valence-electron chi connectivity index (χ3n) is 3.46. The smallest absolute Gasteiger partial charge is 0.330 e. The van der Waals surface area contributed by atoms with Gasteiger partial charge < -0.3 is 28.4 Å². The lowest BCUT2D eigenvalue weighted by Gasteiger charge is -2.20. The van der Waals surface area contributed by atoms with Gasteiger partial charge in [-0.05, 0) is 12.5 Å². The zero-order valence-corrected chi connectivity index (χ0v) is 15.6. The molecule has 0 atom stereocenters. The van der Waals surface area contributed by atoms with Crippen molar-refractivity contribution in [1.82, 2.24) is 0 Å². The van der Waals surface area contributed by atoms with Crippen LogP contribution in [-0.4, -0.2) is 48.1 Å². The van der Waals surface area contributed by atoms with Crippen LogP contribution >= 0.6 is 0 Å². The molecule has 0 spiro atoms.